The minimum atomic E-state index is 0. The van der Waals surface area contributed by atoms with Gasteiger partial charge in [0.1, 0.15) is 0 Å². The van der Waals surface area contributed by atoms with Crippen molar-refractivity contribution < 1.29 is 17.1 Å². The molecule has 0 radical (unpaired) electrons. The van der Waals surface area contributed by atoms with Gasteiger partial charge in [-0.15, -0.1) is 0 Å². The van der Waals surface area contributed by atoms with Crippen molar-refractivity contribution in [2.75, 3.05) is 0 Å². The van der Waals surface area contributed by atoms with Crippen LogP contribution in [-0.2, 0) is 27.9 Å². The summed E-state index contributed by atoms with van der Waals surface area (Å²) in [6, 6.07) is 17.0. The molecule has 0 nitrogen and oxygen atoms in total. The maximum absolute atomic E-state index is 2.22. The summed E-state index contributed by atoms with van der Waals surface area (Å²) in [6.07, 6.45) is 0. The predicted octanol–water partition coefficient (Wildman–Crippen LogP) is 5.40. The Morgan fingerprint density at radius 3 is 1.11 bits per heavy atom. The van der Waals surface area contributed by atoms with Crippen LogP contribution in [0.1, 0.15) is 52.7 Å². The van der Waals surface area contributed by atoms with E-state index in [9.17, 15) is 0 Å². The predicted molar refractivity (Wildman–Crippen MR) is 81.5 cm³/mol. The Kier molecular flexibility index (Phi) is 6.83. The SMILES string of the molecule is CC(C)(C)c1ccc[cH-]1.CC(C)(C)c1ccc[cH-]1.[Fe]. The fourth-order valence-corrected chi connectivity index (χ4v) is 1.75. The quantitative estimate of drug-likeness (QED) is 0.451. The van der Waals surface area contributed by atoms with E-state index in [1.807, 2.05) is 0 Å². The molecule has 0 amide bonds. The van der Waals surface area contributed by atoms with E-state index in [-0.39, 0.29) is 17.1 Å². The first-order valence-corrected chi connectivity index (χ1v) is 6.65. The molecular formula is C18H26Fe-2. The molecule has 0 atom stereocenters. The van der Waals surface area contributed by atoms with Gasteiger partial charge in [0.05, 0.1) is 0 Å². The molecule has 0 N–H and O–H groups in total. The van der Waals surface area contributed by atoms with Crippen molar-refractivity contribution in [3.05, 3.63) is 59.7 Å². The maximum atomic E-state index is 2.22. The van der Waals surface area contributed by atoms with Gasteiger partial charge in [-0.05, 0) is 10.8 Å². The molecule has 1 heteroatoms. The van der Waals surface area contributed by atoms with E-state index in [0.717, 1.165) is 0 Å². The smallest absolute Gasteiger partial charge is 0 e. The first-order valence-electron chi connectivity index (χ1n) is 6.65. The topological polar surface area (TPSA) is 0 Å². The monoisotopic (exact) mass is 298 g/mol. The summed E-state index contributed by atoms with van der Waals surface area (Å²) in [6.45, 7) is 13.3. The molecular weight excluding hydrogens is 272 g/mol. The number of rotatable bonds is 0. The first kappa shape index (κ1) is 18.2. The van der Waals surface area contributed by atoms with Gasteiger partial charge >= 0.3 is 0 Å². The van der Waals surface area contributed by atoms with Crippen LogP contribution in [0.3, 0.4) is 0 Å². The van der Waals surface area contributed by atoms with Crippen LogP contribution in [-0.4, -0.2) is 0 Å². The molecule has 2 rings (SSSR count). The summed E-state index contributed by atoms with van der Waals surface area (Å²) in [5.41, 5.74) is 3.48. The average molecular weight is 298 g/mol. The van der Waals surface area contributed by atoms with Gasteiger partial charge in [0.15, 0.2) is 0 Å². The van der Waals surface area contributed by atoms with Crippen molar-refractivity contribution in [1.29, 1.82) is 0 Å². The van der Waals surface area contributed by atoms with E-state index < -0.39 is 0 Å². The summed E-state index contributed by atoms with van der Waals surface area (Å²) < 4.78 is 0. The minimum Gasteiger partial charge on any atom is -0.213 e. The summed E-state index contributed by atoms with van der Waals surface area (Å²) in [5, 5.41) is 0. The summed E-state index contributed by atoms with van der Waals surface area (Å²) >= 11 is 0. The van der Waals surface area contributed by atoms with Gasteiger partial charge in [0.2, 0.25) is 0 Å². The molecule has 0 unspecified atom stereocenters. The molecule has 0 saturated carbocycles. The van der Waals surface area contributed by atoms with E-state index in [1.54, 1.807) is 0 Å². The fourth-order valence-electron chi connectivity index (χ4n) is 1.75. The molecule has 0 aliphatic rings. The summed E-state index contributed by atoms with van der Waals surface area (Å²) in [5.74, 6) is 0. The molecule has 108 valence electrons. The van der Waals surface area contributed by atoms with E-state index in [4.69, 9.17) is 0 Å². The van der Waals surface area contributed by atoms with E-state index in [2.05, 4.69) is 90.1 Å². The zero-order valence-electron chi connectivity index (χ0n) is 13.0. The Hall–Kier alpha value is -0.781. The van der Waals surface area contributed by atoms with Crippen LogP contribution < -0.4 is 0 Å². The van der Waals surface area contributed by atoms with Crippen molar-refractivity contribution in [3.8, 4) is 0 Å². The largest absolute Gasteiger partial charge is 0.213 e. The Bertz CT molecular complexity index is 375. The third-order valence-electron chi connectivity index (χ3n) is 3.06. The first-order chi connectivity index (χ1) is 8.21. The molecule has 19 heavy (non-hydrogen) atoms. The van der Waals surface area contributed by atoms with Gasteiger partial charge in [-0.2, -0.15) is 35.4 Å². The molecule has 0 aliphatic carbocycles. The standard InChI is InChI=1S/2C9H13.Fe/c2*1-9(2,3)8-6-4-5-7-8;/h2*4-7H,1-3H3;/q2*-1;. The summed E-state index contributed by atoms with van der Waals surface area (Å²) in [4.78, 5) is 0. The molecule has 0 aliphatic heterocycles. The third-order valence-corrected chi connectivity index (χ3v) is 3.06. The van der Waals surface area contributed by atoms with Gasteiger partial charge in [-0.25, -0.2) is 24.3 Å². The molecule has 0 saturated heterocycles. The number of hydrogen-bond acceptors (Lipinski definition) is 0. The van der Waals surface area contributed by atoms with Gasteiger partial charge in [-0.1, -0.05) is 41.5 Å². The van der Waals surface area contributed by atoms with Crippen molar-refractivity contribution >= 4 is 0 Å². The minimum absolute atomic E-state index is 0. The molecule has 0 spiro atoms. The van der Waals surface area contributed by atoms with Crippen molar-refractivity contribution in [2.24, 2.45) is 0 Å². The van der Waals surface area contributed by atoms with Gasteiger partial charge in [0, 0.05) is 17.1 Å². The van der Waals surface area contributed by atoms with Gasteiger partial charge in [0.25, 0.3) is 0 Å². The van der Waals surface area contributed by atoms with E-state index >= 15 is 0 Å². The Labute approximate surface area is 129 Å². The van der Waals surface area contributed by atoms with Gasteiger partial charge < -0.3 is 0 Å². The Morgan fingerprint density at radius 2 is 1.00 bits per heavy atom. The second-order valence-electron chi connectivity index (χ2n) is 6.85. The molecule has 0 heterocycles. The van der Waals surface area contributed by atoms with Crippen molar-refractivity contribution in [2.45, 2.75) is 52.4 Å². The van der Waals surface area contributed by atoms with Crippen LogP contribution in [0, 0.1) is 0 Å². The average Bonchev–Trinajstić information content (AvgIpc) is 2.91. The van der Waals surface area contributed by atoms with E-state index in [0.29, 0.717) is 10.8 Å². The van der Waals surface area contributed by atoms with E-state index in [1.165, 1.54) is 11.1 Å². The Morgan fingerprint density at radius 1 is 0.684 bits per heavy atom. The second kappa shape index (κ2) is 7.12. The second-order valence-corrected chi connectivity index (χ2v) is 6.85. The molecule has 0 bridgehead atoms. The molecule has 2 aromatic carbocycles. The van der Waals surface area contributed by atoms with Crippen molar-refractivity contribution in [1.82, 2.24) is 0 Å². The van der Waals surface area contributed by atoms with Crippen LogP contribution in [0.25, 0.3) is 0 Å². The zero-order valence-corrected chi connectivity index (χ0v) is 14.1. The molecule has 0 aromatic heterocycles. The fraction of sp³-hybridized carbons (Fsp3) is 0.444. The van der Waals surface area contributed by atoms with Crippen LogP contribution >= 0.6 is 0 Å². The normalized spacial score (nSPS) is 11.3. The van der Waals surface area contributed by atoms with Crippen LogP contribution in [0.2, 0.25) is 0 Å². The van der Waals surface area contributed by atoms with Gasteiger partial charge in [-0.3, -0.25) is 0 Å². The molecule has 2 aromatic rings. The van der Waals surface area contributed by atoms with Crippen LogP contribution in [0.5, 0.6) is 0 Å². The van der Waals surface area contributed by atoms with Crippen LogP contribution in [0.4, 0.5) is 0 Å². The number of hydrogen-bond donors (Lipinski definition) is 0. The Balaban J connectivity index is 0.000000324. The summed E-state index contributed by atoms with van der Waals surface area (Å²) in [7, 11) is 0. The zero-order chi connectivity index (χ0) is 13.8. The van der Waals surface area contributed by atoms with Crippen LogP contribution in [0.15, 0.2) is 48.5 Å². The molecule has 0 fully saturated rings. The maximum Gasteiger partial charge on any atom is 0 e. The third kappa shape index (κ3) is 6.27. The van der Waals surface area contributed by atoms with Crippen molar-refractivity contribution in [3.63, 3.8) is 0 Å².